The average molecular weight is 468 g/mol. The van der Waals surface area contributed by atoms with Crippen molar-refractivity contribution < 1.29 is 19.4 Å². The van der Waals surface area contributed by atoms with Crippen LogP contribution in [-0.4, -0.2) is 34.2 Å². The molecule has 2 heterocycles. The number of halogens is 1. The van der Waals surface area contributed by atoms with Crippen LogP contribution in [0.5, 0.6) is 11.5 Å². The number of carboxylic acids is 1. The minimum Gasteiger partial charge on any atom is -0.494 e. The van der Waals surface area contributed by atoms with Crippen molar-refractivity contribution in [2.75, 3.05) is 18.1 Å². The summed E-state index contributed by atoms with van der Waals surface area (Å²) in [7, 11) is 0. The van der Waals surface area contributed by atoms with Gasteiger partial charge in [-0.2, -0.15) is 0 Å². The van der Waals surface area contributed by atoms with E-state index < -0.39 is 5.97 Å². The molecule has 1 aromatic heterocycles. The first-order valence-electron chi connectivity index (χ1n) is 11.0. The molecule has 0 spiro atoms. The van der Waals surface area contributed by atoms with E-state index in [2.05, 4.69) is 14.9 Å². The van der Waals surface area contributed by atoms with Crippen LogP contribution in [0.4, 0.5) is 5.95 Å². The summed E-state index contributed by atoms with van der Waals surface area (Å²) in [6.45, 7) is 3.51. The smallest absolute Gasteiger partial charge is 0.339 e. The van der Waals surface area contributed by atoms with Gasteiger partial charge in [-0.15, -0.1) is 0 Å². The molecule has 1 atom stereocenters. The molecule has 1 aliphatic rings. The lowest BCUT2D eigenvalue weighted by Gasteiger charge is -2.25. The monoisotopic (exact) mass is 467 g/mol. The zero-order valence-electron chi connectivity index (χ0n) is 18.4. The summed E-state index contributed by atoms with van der Waals surface area (Å²) in [5, 5.41) is 10.3. The summed E-state index contributed by atoms with van der Waals surface area (Å²) in [4.78, 5) is 22.8. The number of carbonyl (C=O) groups is 1. The second kappa shape index (κ2) is 10.5. The maximum absolute atomic E-state index is 11.8. The Morgan fingerprint density at radius 1 is 1.12 bits per heavy atom. The highest BCUT2D eigenvalue weighted by Gasteiger charge is 2.29. The number of rotatable bonds is 9. The molecule has 1 saturated heterocycles. The molecule has 0 bridgehead atoms. The Balaban J connectivity index is 1.53. The Hall–Kier alpha value is -3.32. The zero-order chi connectivity index (χ0) is 23.2. The van der Waals surface area contributed by atoms with Gasteiger partial charge in [0, 0.05) is 17.8 Å². The number of nitrogens with zero attached hydrogens (tertiary/aromatic N) is 3. The van der Waals surface area contributed by atoms with Gasteiger partial charge >= 0.3 is 5.97 Å². The third-order valence-electron chi connectivity index (χ3n) is 5.52. The summed E-state index contributed by atoms with van der Waals surface area (Å²) >= 11 is 6.04. The second-order valence-electron chi connectivity index (χ2n) is 7.85. The highest BCUT2D eigenvalue weighted by atomic mass is 35.5. The predicted octanol–water partition coefficient (Wildman–Crippen LogP) is 5.54. The van der Waals surface area contributed by atoms with Crippen molar-refractivity contribution in [2.24, 2.45) is 0 Å². The van der Waals surface area contributed by atoms with Gasteiger partial charge in [-0.3, -0.25) is 0 Å². The summed E-state index contributed by atoms with van der Waals surface area (Å²) in [5.41, 5.74) is 1.50. The number of benzene rings is 2. The molecule has 7 nitrogen and oxygen atoms in total. The van der Waals surface area contributed by atoms with Crippen molar-refractivity contribution in [2.45, 2.75) is 38.8 Å². The van der Waals surface area contributed by atoms with Crippen LogP contribution in [-0.2, 0) is 6.61 Å². The number of aromatic nitrogens is 2. The number of aromatic carboxylic acids is 1. The van der Waals surface area contributed by atoms with Gasteiger partial charge < -0.3 is 19.5 Å². The van der Waals surface area contributed by atoms with E-state index in [0.29, 0.717) is 29.0 Å². The van der Waals surface area contributed by atoms with Crippen molar-refractivity contribution in [1.82, 2.24) is 9.97 Å². The number of carboxylic acid groups (broad SMARTS) is 1. The molecular formula is C25H26ClN3O4. The molecule has 33 heavy (non-hydrogen) atoms. The maximum atomic E-state index is 11.8. The van der Waals surface area contributed by atoms with Gasteiger partial charge in [0.1, 0.15) is 23.7 Å². The molecule has 0 unspecified atom stereocenters. The second-order valence-corrected chi connectivity index (χ2v) is 8.28. The summed E-state index contributed by atoms with van der Waals surface area (Å²) < 4.78 is 11.4. The van der Waals surface area contributed by atoms with Crippen LogP contribution >= 0.6 is 11.6 Å². The fourth-order valence-corrected chi connectivity index (χ4v) is 4.00. The van der Waals surface area contributed by atoms with Crippen LogP contribution in [0, 0.1) is 0 Å². The van der Waals surface area contributed by atoms with Crippen LogP contribution in [0.1, 0.15) is 53.8 Å². The Labute approximate surface area is 198 Å². The molecule has 0 aliphatic carbocycles. The third-order valence-corrected chi connectivity index (χ3v) is 5.77. The quantitative estimate of drug-likeness (QED) is 0.442. The lowest BCUT2D eigenvalue weighted by Crippen LogP contribution is -2.26. The summed E-state index contributed by atoms with van der Waals surface area (Å²) in [6.07, 6.45) is 4.25. The molecule has 8 heteroatoms. The molecule has 172 valence electrons. The molecule has 0 amide bonds. The van der Waals surface area contributed by atoms with Gasteiger partial charge in [0.15, 0.2) is 0 Å². The van der Waals surface area contributed by atoms with Crippen molar-refractivity contribution in [3.05, 3.63) is 76.6 Å². The van der Waals surface area contributed by atoms with Gasteiger partial charge in [-0.25, -0.2) is 14.8 Å². The standard InChI is InChI=1S/C25H26ClN3O4/c1-2-14-32-19-9-11-20(12-10-19)33-16-22-21(24(30)31)15-27-25(28-22)29-13-3-4-23(29)17-5-7-18(26)8-6-17/h5-12,15,23H,2-4,13-14,16H2,1H3,(H,30,31)/t23-/m1/s1. The van der Waals surface area contributed by atoms with Crippen LogP contribution in [0.25, 0.3) is 0 Å². The molecule has 0 saturated carbocycles. The van der Waals surface area contributed by atoms with E-state index in [4.69, 9.17) is 21.1 Å². The van der Waals surface area contributed by atoms with E-state index in [0.717, 1.165) is 37.1 Å². The lowest BCUT2D eigenvalue weighted by atomic mass is 10.1. The van der Waals surface area contributed by atoms with E-state index >= 15 is 0 Å². The van der Waals surface area contributed by atoms with E-state index in [1.165, 1.54) is 6.20 Å². The SMILES string of the molecule is CCCOc1ccc(OCc2nc(N3CCC[C@@H]3c3ccc(Cl)cc3)ncc2C(=O)O)cc1. The molecule has 0 radical (unpaired) electrons. The van der Waals surface area contributed by atoms with Crippen molar-refractivity contribution in [1.29, 1.82) is 0 Å². The van der Waals surface area contributed by atoms with Gasteiger partial charge in [-0.05, 0) is 61.2 Å². The number of anilines is 1. The first-order valence-corrected chi connectivity index (χ1v) is 11.4. The maximum Gasteiger partial charge on any atom is 0.339 e. The number of hydrogen-bond donors (Lipinski definition) is 1. The molecular weight excluding hydrogens is 442 g/mol. The first kappa shape index (κ1) is 22.9. The average Bonchev–Trinajstić information content (AvgIpc) is 3.32. The van der Waals surface area contributed by atoms with Crippen molar-refractivity contribution in [3.8, 4) is 11.5 Å². The minimum absolute atomic E-state index is 0.0196. The zero-order valence-corrected chi connectivity index (χ0v) is 19.2. The largest absolute Gasteiger partial charge is 0.494 e. The Kier molecular flexibility index (Phi) is 7.29. The third kappa shape index (κ3) is 5.54. The van der Waals surface area contributed by atoms with Crippen LogP contribution in [0.15, 0.2) is 54.7 Å². The van der Waals surface area contributed by atoms with E-state index in [1.54, 1.807) is 12.1 Å². The van der Waals surface area contributed by atoms with E-state index in [9.17, 15) is 9.90 Å². The molecule has 4 rings (SSSR count). The fourth-order valence-electron chi connectivity index (χ4n) is 3.87. The summed E-state index contributed by atoms with van der Waals surface area (Å²) in [5.74, 6) is 0.788. The topological polar surface area (TPSA) is 84.8 Å². The highest BCUT2D eigenvalue weighted by Crippen LogP contribution is 2.35. The number of ether oxygens (including phenoxy) is 2. The van der Waals surface area contributed by atoms with Gasteiger partial charge in [0.2, 0.25) is 5.95 Å². The Bertz CT molecular complexity index is 1090. The molecule has 1 aliphatic heterocycles. The first-order chi connectivity index (χ1) is 16.0. The van der Waals surface area contributed by atoms with Crippen LogP contribution in [0.3, 0.4) is 0 Å². The van der Waals surface area contributed by atoms with Gasteiger partial charge in [0.05, 0.1) is 18.3 Å². The molecule has 2 aromatic carbocycles. The number of hydrogen-bond acceptors (Lipinski definition) is 6. The van der Waals surface area contributed by atoms with E-state index in [1.807, 2.05) is 43.3 Å². The highest BCUT2D eigenvalue weighted by molar-refractivity contribution is 6.30. The Morgan fingerprint density at radius 3 is 2.48 bits per heavy atom. The normalized spacial score (nSPS) is 15.5. The van der Waals surface area contributed by atoms with E-state index in [-0.39, 0.29) is 18.2 Å². The molecule has 1 fully saturated rings. The van der Waals surface area contributed by atoms with Crippen molar-refractivity contribution >= 4 is 23.5 Å². The Morgan fingerprint density at radius 2 is 1.82 bits per heavy atom. The predicted molar refractivity (Wildman–Crippen MR) is 126 cm³/mol. The van der Waals surface area contributed by atoms with Crippen molar-refractivity contribution in [3.63, 3.8) is 0 Å². The lowest BCUT2D eigenvalue weighted by molar-refractivity contribution is 0.0692. The minimum atomic E-state index is -1.08. The van der Waals surface area contributed by atoms with Gasteiger partial charge in [-0.1, -0.05) is 30.7 Å². The fraction of sp³-hybridized carbons (Fsp3) is 0.320. The van der Waals surface area contributed by atoms with Crippen LogP contribution in [0.2, 0.25) is 5.02 Å². The van der Waals surface area contributed by atoms with Crippen LogP contribution < -0.4 is 14.4 Å². The molecule has 1 N–H and O–H groups in total. The molecule has 3 aromatic rings. The van der Waals surface area contributed by atoms with Gasteiger partial charge in [0.25, 0.3) is 0 Å². The summed E-state index contributed by atoms with van der Waals surface area (Å²) in [6, 6.07) is 15.1.